The van der Waals surface area contributed by atoms with Gasteiger partial charge in [-0.3, -0.25) is 9.59 Å². The van der Waals surface area contributed by atoms with Gasteiger partial charge in [0, 0.05) is 6.54 Å². The molecule has 0 saturated heterocycles. The van der Waals surface area contributed by atoms with E-state index >= 15 is 0 Å². The van der Waals surface area contributed by atoms with Crippen molar-refractivity contribution in [3.05, 3.63) is 29.8 Å². The molecule has 1 aromatic rings. The Morgan fingerprint density at radius 1 is 1.25 bits per heavy atom. The number of carbonyl (C=O) groups excluding carboxylic acids is 2. The summed E-state index contributed by atoms with van der Waals surface area (Å²) in [6.45, 7) is 4.98. The predicted molar refractivity (Wildman–Crippen MR) is 92.6 cm³/mol. The maximum Gasteiger partial charge on any atom is 0.242 e. The number of hydrogen-bond acceptors (Lipinski definition) is 4. The van der Waals surface area contributed by atoms with Gasteiger partial charge in [0.05, 0.1) is 12.6 Å². The molecule has 2 bridgehead atoms. The number of rotatable bonds is 2. The van der Waals surface area contributed by atoms with Gasteiger partial charge in [-0.2, -0.15) is 0 Å². The van der Waals surface area contributed by atoms with E-state index in [4.69, 9.17) is 10.5 Å². The summed E-state index contributed by atoms with van der Waals surface area (Å²) in [5, 5.41) is 5.69. The van der Waals surface area contributed by atoms with E-state index in [1.165, 1.54) is 0 Å². The van der Waals surface area contributed by atoms with Crippen molar-refractivity contribution >= 4 is 11.8 Å². The smallest absolute Gasteiger partial charge is 0.242 e. The van der Waals surface area contributed by atoms with Crippen LogP contribution in [0, 0.1) is 5.92 Å². The van der Waals surface area contributed by atoms with Gasteiger partial charge < -0.3 is 21.1 Å². The largest absolute Gasteiger partial charge is 0.494 e. The Morgan fingerprint density at radius 2 is 1.96 bits per heavy atom. The molecule has 4 N–H and O–H groups in total. The van der Waals surface area contributed by atoms with Crippen LogP contribution in [-0.2, 0) is 16.0 Å². The zero-order valence-corrected chi connectivity index (χ0v) is 14.4. The normalized spacial score (nSPS) is 24.1. The minimum Gasteiger partial charge on any atom is -0.494 e. The van der Waals surface area contributed by atoms with Gasteiger partial charge in [0.25, 0.3) is 0 Å². The zero-order chi connectivity index (χ0) is 17.5. The molecule has 2 aliphatic heterocycles. The van der Waals surface area contributed by atoms with Gasteiger partial charge in [-0.05, 0) is 36.5 Å². The van der Waals surface area contributed by atoms with Gasteiger partial charge in [-0.25, -0.2) is 0 Å². The summed E-state index contributed by atoms with van der Waals surface area (Å²) >= 11 is 0. The fourth-order valence-corrected chi connectivity index (χ4v) is 2.61. The molecule has 6 heteroatoms. The molecule has 1 unspecified atom stereocenters. The van der Waals surface area contributed by atoms with E-state index in [1.54, 1.807) is 0 Å². The van der Waals surface area contributed by atoms with Crippen molar-refractivity contribution in [3.63, 3.8) is 0 Å². The highest BCUT2D eigenvalue weighted by atomic mass is 16.5. The molecule has 24 heavy (non-hydrogen) atoms. The van der Waals surface area contributed by atoms with Crippen molar-refractivity contribution < 1.29 is 14.3 Å². The van der Waals surface area contributed by atoms with E-state index in [9.17, 15) is 9.59 Å². The monoisotopic (exact) mass is 333 g/mol. The van der Waals surface area contributed by atoms with Crippen LogP contribution in [0.15, 0.2) is 24.3 Å². The number of amides is 2. The number of benzene rings is 1. The van der Waals surface area contributed by atoms with Crippen molar-refractivity contribution in [2.75, 3.05) is 13.2 Å². The number of fused-ring (bicyclic) bond motifs is 12. The highest BCUT2D eigenvalue weighted by Crippen LogP contribution is 2.14. The van der Waals surface area contributed by atoms with E-state index in [2.05, 4.69) is 10.6 Å². The second-order valence-corrected chi connectivity index (χ2v) is 6.32. The van der Waals surface area contributed by atoms with Crippen molar-refractivity contribution in [1.29, 1.82) is 0 Å². The van der Waals surface area contributed by atoms with Crippen molar-refractivity contribution in [2.45, 2.75) is 45.2 Å². The molecule has 0 fully saturated rings. The number of hydrogen-bond donors (Lipinski definition) is 3. The van der Waals surface area contributed by atoms with Crippen LogP contribution in [-0.4, -0.2) is 37.0 Å². The average molecular weight is 333 g/mol. The fraction of sp³-hybridized carbons (Fsp3) is 0.556. The average Bonchev–Trinajstić information content (AvgIpc) is 2.59. The van der Waals surface area contributed by atoms with E-state index in [0.717, 1.165) is 17.7 Å². The van der Waals surface area contributed by atoms with Crippen LogP contribution >= 0.6 is 0 Å². The minimum atomic E-state index is -0.693. The molecule has 6 nitrogen and oxygen atoms in total. The molecular weight excluding hydrogens is 306 g/mol. The van der Waals surface area contributed by atoms with Gasteiger partial charge in [0.15, 0.2) is 0 Å². The first-order valence-corrected chi connectivity index (χ1v) is 8.56. The van der Waals surface area contributed by atoms with Crippen molar-refractivity contribution in [2.24, 2.45) is 11.7 Å². The third-order valence-electron chi connectivity index (χ3n) is 4.40. The summed E-state index contributed by atoms with van der Waals surface area (Å²) in [5.41, 5.74) is 6.98. The molecule has 0 spiro atoms. The van der Waals surface area contributed by atoms with Gasteiger partial charge in [-0.1, -0.05) is 32.4 Å². The Balaban J connectivity index is 2.16. The summed E-state index contributed by atoms with van der Waals surface area (Å²) in [6.07, 6.45) is 1.91. The maximum atomic E-state index is 12.4. The SMILES string of the molecule is CCC(C)[C@@H]1NC(=O)[C@@H](N)Cc2ccc(cc2)OCCCNC1=O. The molecule has 132 valence electrons. The Labute approximate surface area is 143 Å². The molecule has 0 aliphatic carbocycles. The summed E-state index contributed by atoms with van der Waals surface area (Å²) in [5.74, 6) is 0.340. The van der Waals surface area contributed by atoms with Crippen LogP contribution < -0.4 is 21.1 Å². The third-order valence-corrected chi connectivity index (χ3v) is 4.40. The van der Waals surface area contributed by atoms with E-state index in [0.29, 0.717) is 26.0 Å². The Hall–Kier alpha value is -2.08. The van der Waals surface area contributed by atoms with Crippen LogP contribution in [0.3, 0.4) is 0 Å². The molecule has 2 amide bonds. The van der Waals surface area contributed by atoms with Gasteiger partial charge in [0.1, 0.15) is 11.8 Å². The van der Waals surface area contributed by atoms with Crippen LogP contribution in [0.1, 0.15) is 32.3 Å². The lowest BCUT2D eigenvalue weighted by Gasteiger charge is -2.25. The lowest BCUT2D eigenvalue weighted by molar-refractivity contribution is -0.130. The summed E-state index contributed by atoms with van der Waals surface area (Å²) in [7, 11) is 0. The van der Waals surface area contributed by atoms with Gasteiger partial charge >= 0.3 is 0 Å². The van der Waals surface area contributed by atoms with Crippen LogP contribution in [0.25, 0.3) is 0 Å². The number of ether oxygens (including phenoxy) is 1. The first-order valence-electron chi connectivity index (χ1n) is 8.56. The first kappa shape index (κ1) is 18.3. The Morgan fingerprint density at radius 3 is 2.62 bits per heavy atom. The molecule has 2 heterocycles. The molecule has 0 saturated carbocycles. The van der Waals surface area contributed by atoms with E-state index < -0.39 is 12.1 Å². The second kappa shape index (κ2) is 8.68. The topological polar surface area (TPSA) is 93.5 Å². The van der Waals surface area contributed by atoms with E-state index in [1.807, 2.05) is 38.1 Å². The zero-order valence-electron chi connectivity index (χ0n) is 14.4. The number of carbonyl (C=O) groups is 2. The standard InChI is InChI=1S/C18H27N3O3/c1-3-12(2)16-18(23)20-9-4-10-24-14-7-5-13(6-8-14)11-15(19)17(22)21-16/h5-8,12,15-16H,3-4,9-11,19H2,1-2H3,(H,20,23)(H,21,22)/t12?,15-,16-/m0/s1. The molecule has 0 aromatic heterocycles. The van der Waals surface area contributed by atoms with Gasteiger partial charge in [0.2, 0.25) is 11.8 Å². The fourth-order valence-electron chi connectivity index (χ4n) is 2.61. The van der Waals surface area contributed by atoms with Crippen molar-refractivity contribution in [3.8, 4) is 5.75 Å². The number of nitrogens with two attached hydrogens (primary N) is 1. The molecular formula is C18H27N3O3. The highest BCUT2D eigenvalue weighted by Gasteiger charge is 2.27. The molecule has 2 aliphatic rings. The second-order valence-electron chi connectivity index (χ2n) is 6.32. The lowest BCUT2D eigenvalue weighted by Crippen LogP contribution is -2.54. The molecule has 0 radical (unpaired) electrons. The summed E-state index contributed by atoms with van der Waals surface area (Å²) in [4.78, 5) is 24.8. The predicted octanol–water partition coefficient (Wildman–Crippen LogP) is 0.986. The van der Waals surface area contributed by atoms with Crippen LogP contribution in [0.5, 0.6) is 5.75 Å². The minimum absolute atomic E-state index is 0.0342. The summed E-state index contributed by atoms with van der Waals surface area (Å²) < 4.78 is 5.65. The van der Waals surface area contributed by atoms with Crippen LogP contribution in [0.2, 0.25) is 0 Å². The number of nitrogens with one attached hydrogen (secondary N) is 2. The molecule has 3 rings (SSSR count). The molecule has 3 atom stereocenters. The summed E-state index contributed by atoms with van der Waals surface area (Å²) in [6, 6.07) is 6.32. The van der Waals surface area contributed by atoms with Crippen LogP contribution in [0.4, 0.5) is 0 Å². The Kier molecular flexibility index (Phi) is 6.61. The first-order chi connectivity index (χ1) is 11.5. The molecule has 1 aromatic carbocycles. The van der Waals surface area contributed by atoms with E-state index in [-0.39, 0.29) is 17.7 Å². The Bertz CT molecular complexity index is 559. The maximum absolute atomic E-state index is 12.4. The highest BCUT2D eigenvalue weighted by molar-refractivity contribution is 5.90. The van der Waals surface area contributed by atoms with Gasteiger partial charge in [-0.15, -0.1) is 0 Å². The lowest BCUT2D eigenvalue weighted by atomic mass is 9.97. The van der Waals surface area contributed by atoms with Crippen molar-refractivity contribution in [1.82, 2.24) is 10.6 Å². The quantitative estimate of drug-likeness (QED) is 0.752. The third kappa shape index (κ3) is 4.96.